The molecular weight excluding hydrogens is 501 g/mol. The Balaban J connectivity index is 0.00000456. The van der Waals surface area contributed by atoms with E-state index in [4.69, 9.17) is 15.7 Å². The van der Waals surface area contributed by atoms with Gasteiger partial charge < -0.3 is 15.4 Å². The number of esters is 1. The van der Waals surface area contributed by atoms with Crippen molar-refractivity contribution in [2.75, 3.05) is 18.6 Å². The fourth-order valence-corrected chi connectivity index (χ4v) is 3.78. The van der Waals surface area contributed by atoms with E-state index in [9.17, 15) is 27.6 Å². The summed E-state index contributed by atoms with van der Waals surface area (Å²) in [6.45, 7) is 2.82. The van der Waals surface area contributed by atoms with E-state index in [1.165, 1.54) is 13.1 Å². The van der Waals surface area contributed by atoms with Crippen LogP contribution in [0.5, 0.6) is 0 Å². The number of hydrogen-bond acceptors (Lipinski definition) is 6. The van der Waals surface area contributed by atoms with Crippen LogP contribution >= 0.6 is 12.4 Å². The molecule has 36 heavy (non-hydrogen) atoms. The number of amides is 3. The number of nitriles is 1. The number of likely N-dealkylation sites (N-methyl/N-ethyl adjacent to an activating group) is 1. The smallest absolute Gasteiger partial charge is 0.417 e. The molecule has 1 fully saturated rings. The Morgan fingerprint density at radius 3 is 2.31 bits per heavy atom. The normalized spacial score (nSPS) is 18.6. The van der Waals surface area contributed by atoms with Gasteiger partial charge in [0.05, 0.1) is 22.9 Å². The van der Waals surface area contributed by atoms with Gasteiger partial charge in [0.15, 0.2) is 5.54 Å². The molecule has 1 aliphatic rings. The van der Waals surface area contributed by atoms with Crippen LogP contribution in [0.15, 0.2) is 48.5 Å². The number of carbonyl (C=O) groups is 3. The van der Waals surface area contributed by atoms with Crippen LogP contribution in [-0.4, -0.2) is 42.5 Å². The Kier molecular flexibility index (Phi) is 8.39. The van der Waals surface area contributed by atoms with E-state index in [2.05, 4.69) is 0 Å². The first-order chi connectivity index (χ1) is 16.4. The van der Waals surface area contributed by atoms with Crippen molar-refractivity contribution >= 4 is 36.0 Å². The molecule has 1 saturated heterocycles. The zero-order chi connectivity index (χ0) is 26.1. The fraction of sp³-hybridized carbons (Fsp3) is 0.333. The summed E-state index contributed by atoms with van der Waals surface area (Å²) in [4.78, 5) is 41.1. The summed E-state index contributed by atoms with van der Waals surface area (Å²) in [6, 6.07) is 10.1. The molecule has 0 saturated carbocycles. The van der Waals surface area contributed by atoms with Gasteiger partial charge in [0, 0.05) is 7.05 Å². The molecule has 0 aliphatic carbocycles. The molecule has 0 radical (unpaired) electrons. The average molecular weight is 525 g/mol. The number of carbonyl (C=O) groups excluding carboxylic acids is 3. The molecule has 192 valence electrons. The van der Waals surface area contributed by atoms with Crippen molar-refractivity contribution in [2.45, 2.75) is 31.6 Å². The summed E-state index contributed by atoms with van der Waals surface area (Å²) in [6.07, 6.45) is -4.89. The highest BCUT2D eigenvalue weighted by molar-refractivity contribution is 6.23. The van der Waals surface area contributed by atoms with Crippen LogP contribution in [0.3, 0.4) is 0 Å². The Morgan fingerprint density at radius 1 is 1.17 bits per heavy atom. The quantitative estimate of drug-likeness (QED) is 0.453. The topological polar surface area (TPSA) is 117 Å². The molecule has 3 amide bonds. The second-order valence-corrected chi connectivity index (χ2v) is 8.43. The Hall–Kier alpha value is -3.62. The molecule has 2 aromatic rings. The highest BCUT2D eigenvalue weighted by Crippen LogP contribution is 2.41. The number of benzene rings is 2. The predicted octanol–water partition coefficient (Wildman–Crippen LogP) is 3.82. The number of imide groups is 1. The van der Waals surface area contributed by atoms with Crippen LogP contribution in [0.1, 0.15) is 30.5 Å². The summed E-state index contributed by atoms with van der Waals surface area (Å²) < 4.78 is 45.9. The number of nitrogens with two attached hydrogens (primary N) is 1. The number of ether oxygens (including phenoxy) is 1. The number of urea groups is 1. The third-order valence-corrected chi connectivity index (χ3v) is 5.96. The average Bonchev–Trinajstić information content (AvgIpc) is 3.02. The van der Waals surface area contributed by atoms with E-state index in [0.717, 1.165) is 17.0 Å². The van der Waals surface area contributed by atoms with Gasteiger partial charge in [-0.25, -0.2) is 9.69 Å². The van der Waals surface area contributed by atoms with Crippen LogP contribution < -0.4 is 10.6 Å². The maximum atomic E-state index is 13.8. The molecule has 8 nitrogen and oxygen atoms in total. The zero-order valence-corrected chi connectivity index (χ0v) is 20.4. The minimum atomic E-state index is -4.89. The van der Waals surface area contributed by atoms with Crippen LogP contribution in [0, 0.1) is 17.2 Å². The van der Waals surface area contributed by atoms with E-state index in [0.29, 0.717) is 16.5 Å². The standard InChI is InChI=1S/C24H23F3N4O4.ClH/c1-14(2)19(29)20(32)35-13-23(16-7-5-4-6-8-16)21(33)31(22(34)30(23)3)17-10-9-15(12-28)18(11-17)24(25,26)27;/h4-11,14,19H,13,29H2,1-3H3;1H/t19-,23?;/m0./s1. The van der Waals surface area contributed by atoms with Crippen molar-refractivity contribution in [2.24, 2.45) is 11.7 Å². The number of nitrogens with zero attached hydrogens (tertiary/aromatic N) is 3. The molecule has 1 aliphatic heterocycles. The summed E-state index contributed by atoms with van der Waals surface area (Å²) in [5, 5.41) is 9.06. The van der Waals surface area contributed by atoms with Gasteiger partial charge >= 0.3 is 18.2 Å². The zero-order valence-electron chi connectivity index (χ0n) is 19.6. The van der Waals surface area contributed by atoms with E-state index < -0.39 is 53.4 Å². The van der Waals surface area contributed by atoms with Gasteiger partial charge in [-0.3, -0.25) is 9.59 Å². The second kappa shape index (κ2) is 10.6. The van der Waals surface area contributed by atoms with Gasteiger partial charge in [-0.2, -0.15) is 18.4 Å². The molecule has 12 heteroatoms. The molecule has 3 rings (SSSR count). The van der Waals surface area contributed by atoms with Gasteiger partial charge in [0.1, 0.15) is 12.6 Å². The minimum absolute atomic E-state index is 0. The lowest BCUT2D eigenvalue weighted by Gasteiger charge is -2.33. The number of hydrogen-bond donors (Lipinski definition) is 1. The molecule has 2 N–H and O–H groups in total. The maximum absolute atomic E-state index is 13.8. The lowest BCUT2D eigenvalue weighted by atomic mass is 9.89. The van der Waals surface area contributed by atoms with Crippen molar-refractivity contribution in [3.63, 3.8) is 0 Å². The van der Waals surface area contributed by atoms with E-state index in [1.54, 1.807) is 44.2 Å². The molecule has 1 unspecified atom stereocenters. The molecule has 0 spiro atoms. The molecule has 2 aromatic carbocycles. The van der Waals surface area contributed by atoms with Gasteiger partial charge in [0.2, 0.25) is 0 Å². The van der Waals surface area contributed by atoms with E-state index in [1.807, 2.05) is 0 Å². The van der Waals surface area contributed by atoms with Crippen LogP contribution in [0.25, 0.3) is 0 Å². The van der Waals surface area contributed by atoms with Crippen molar-refractivity contribution < 1.29 is 32.3 Å². The van der Waals surface area contributed by atoms with Crippen molar-refractivity contribution in [1.29, 1.82) is 5.26 Å². The first-order valence-corrected chi connectivity index (χ1v) is 10.6. The van der Waals surface area contributed by atoms with Crippen molar-refractivity contribution in [3.05, 3.63) is 65.2 Å². The summed E-state index contributed by atoms with van der Waals surface area (Å²) in [7, 11) is 1.29. The van der Waals surface area contributed by atoms with Crippen molar-refractivity contribution in [1.82, 2.24) is 4.90 Å². The third-order valence-electron chi connectivity index (χ3n) is 5.96. The Morgan fingerprint density at radius 2 is 1.78 bits per heavy atom. The van der Waals surface area contributed by atoms with Crippen LogP contribution in [0.2, 0.25) is 0 Å². The highest BCUT2D eigenvalue weighted by atomic mass is 35.5. The number of rotatable bonds is 6. The van der Waals surface area contributed by atoms with Gasteiger partial charge in [0.25, 0.3) is 5.91 Å². The van der Waals surface area contributed by atoms with Crippen LogP contribution in [0.4, 0.5) is 23.7 Å². The summed E-state index contributed by atoms with van der Waals surface area (Å²) in [5.74, 6) is -1.97. The number of anilines is 1. The summed E-state index contributed by atoms with van der Waals surface area (Å²) >= 11 is 0. The maximum Gasteiger partial charge on any atom is 0.417 e. The lowest BCUT2D eigenvalue weighted by molar-refractivity contribution is -0.151. The molecule has 0 aromatic heterocycles. The Bertz CT molecular complexity index is 1200. The fourth-order valence-electron chi connectivity index (χ4n) is 3.78. The molecular formula is C24H24ClF3N4O4. The second-order valence-electron chi connectivity index (χ2n) is 8.43. The van der Waals surface area contributed by atoms with E-state index >= 15 is 0 Å². The lowest BCUT2D eigenvalue weighted by Crippen LogP contribution is -2.50. The van der Waals surface area contributed by atoms with Gasteiger partial charge in [-0.1, -0.05) is 44.2 Å². The first kappa shape index (κ1) is 28.6. The van der Waals surface area contributed by atoms with Gasteiger partial charge in [-0.15, -0.1) is 12.4 Å². The first-order valence-electron chi connectivity index (χ1n) is 10.6. The molecule has 1 heterocycles. The van der Waals surface area contributed by atoms with E-state index in [-0.39, 0.29) is 24.0 Å². The number of halogens is 4. The highest BCUT2D eigenvalue weighted by Gasteiger charge is 2.58. The Labute approximate surface area is 211 Å². The van der Waals surface area contributed by atoms with Gasteiger partial charge in [-0.05, 0) is 29.7 Å². The minimum Gasteiger partial charge on any atom is -0.461 e. The largest absolute Gasteiger partial charge is 0.461 e. The third kappa shape index (κ3) is 4.87. The monoisotopic (exact) mass is 524 g/mol. The number of alkyl halides is 3. The van der Waals surface area contributed by atoms with Crippen LogP contribution in [-0.2, 0) is 26.0 Å². The van der Waals surface area contributed by atoms with Crippen molar-refractivity contribution in [3.8, 4) is 6.07 Å². The summed E-state index contributed by atoms with van der Waals surface area (Å²) in [5.41, 5.74) is 1.97. The molecule has 0 bridgehead atoms. The SMILES string of the molecule is CC(C)[C@H](N)C(=O)OCC1(c2ccccc2)C(=O)N(c2ccc(C#N)c(C(F)(F)F)c2)C(=O)N1C.Cl. The molecule has 2 atom stereocenters. The predicted molar refractivity (Wildman–Crippen MR) is 126 cm³/mol.